The highest BCUT2D eigenvalue weighted by atomic mass is 32.1. The van der Waals surface area contributed by atoms with Crippen molar-refractivity contribution in [1.82, 2.24) is 4.98 Å². The molecular formula is C13H17N3S. The number of hydrogen-bond acceptors (Lipinski definition) is 4. The average molecular weight is 247 g/mol. The first-order chi connectivity index (χ1) is 8.31. The van der Waals surface area contributed by atoms with E-state index in [2.05, 4.69) is 41.1 Å². The molecule has 0 amide bonds. The van der Waals surface area contributed by atoms with Crippen LogP contribution in [0.2, 0.25) is 0 Å². The molecule has 17 heavy (non-hydrogen) atoms. The summed E-state index contributed by atoms with van der Waals surface area (Å²) in [6.45, 7) is 3.71. The Labute approximate surface area is 106 Å². The number of rotatable bonds is 5. The van der Waals surface area contributed by atoms with Crippen LogP contribution < -0.4 is 10.6 Å². The summed E-state index contributed by atoms with van der Waals surface area (Å²) >= 11 is 1.65. The van der Waals surface area contributed by atoms with Crippen molar-refractivity contribution in [2.45, 2.75) is 13.3 Å². The van der Waals surface area contributed by atoms with Crippen molar-refractivity contribution < 1.29 is 0 Å². The molecule has 0 spiro atoms. The second-order valence-electron chi connectivity index (χ2n) is 3.94. The van der Waals surface area contributed by atoms with E-state index in [4.69, 9.17) is 5.73 Å². The molecule has 0 bridgehead atoms. The largest absolute Gasteiger partial charge is 0.330 e. The van der Waals surface area contributed by atoms with Crippen molar-refractivity contribution in [1.29, 1.82) is 0 Å². The minimum absolute atomic E-state index is 0.702. The number of hydrogen-bond donors (Lipinski definition) is 1. The van der Waals surface area contributed by atoms with Gasteiger partial charge in [0.05, 0.1) is 0 Å². The Morgan fingerprint density at radius 2 is 2.06 bits per heavy atom. The van der Waals surface area contributed by atoms with Gasteiger partial charge in [0, 0.05) is 23.8 Å². The number of nitrogens with zero attached hydrogens (tertiary/aromatic N) is 2. The monoisotopic (exact) mass is 247 g/mol. The zero-order valence-electron chi connectivity index (χ0n) is 9.97. The Bertz CT molecular complexity index is 436. The van der Waals surface area contributed by atoms with Gasteiger partial charge in [0.2, 0.25) is 0 Å². The molecule has 2 rings (SSSR count). The third kappa shape index (κ3) is 3.05. The average Bonchev–Trinajstić information content (AvgIpc) is 2.85. The predicted molar refractivity (Wildman–Crippen MR) is 74.0 cm³/mol. The normalized spacial score (nSPS) is 10.5. The second-order valence-corrected chi connectivity index (χ2v) is 4.82. The molecule has 90 valence electrons. The quantitative estimate of drug-likeness (QED) is 0.883. The van der Waals surface area contributed by atoms with E-state index in [0.29, 0.717) is 6.54 Å². The molecule has 0 aliphatic rings. The zero-order valence-corrected chi connectivity index (χ0v) is 10.8. The van der Waals surface area contributed by atoms with Gasteiger partial charge in [0.15, 0.2) is 5.13 Å². The summed E-state index contributed by atoms with van der Waals surface area (Å²) in [6, 6.07) is 8.51. The van der Waals surface area contributed by atoms with E-state index in [1.165, 1.54) is 11.3 Å². The Kier molecular flexibility index (Phi) is 4.12. The van der Waals surface area contributed by atoms with Gasteiger partial charge < -0.3 is 10.6 Å². The van der Waals surface area contributed by atoms with Crippen LogP contribution in [0.5, 0.6) is 0 Å². The van der Waals surface area contributed by atoms with E-state index < -0.39 is 0 Å². The first-order valence-corrected chi connectivity index (χ1v) is 6.63. The smallest absolute Gasteiger partial charge is 0.189 e. The van der Waals surface area contributed by atoms with E-state index in [9.17, 15) is 0 Å². The highest BCUT2D eigenvalue weighted by molar-refractivity contribution is 7.13. The van der Waals surface area contributed by atoms with Crippen molar-refractivity contribution in [3.63, 3.8) is 0 Å². The minimum Gasteiger partial charge on any atom is -0.330 e. The number of nitrogens with two attached hydrogens (primary N) is 1. The summed E-state index contributed by atoms with van der Waals surface area (Å²) < 4.78 is 0. The van der Waals surface area contributed by atoms with Crippen LogP contribution in [0.15, 0.2) is 35.8 Å². The SMILES string of the molecule is Cc1ccc(N(CCCN)c2nccs2)cc1. The van der Waals surface area contributed by atoms with Gasteiger partial charge in [-0.1, -0.05) is 17.7 Å². The molecule has 0 fully saturated rings. The number of anilines is 2. The summed E-state index contributed by atoms with van der Waals surface area (Å²) in [5.74, 6) is 0. The molecule has 3 nitrogen and oxygen atoms in total. The maximum absolute atomic E-state index is 5.59. The van der Waals surface area contributed by atoms with Gasteiger partial charge in [-0.25, -0.2) is 4.98 Å². The van der Waals surface area contributed by atoms with Crippen LogP contribution in [0, 0.1) is 6.92 Å². The molecule has 0 radical (unpaired) electrons. The molecular weight excluding hydrogens is 230 g/mol. The fourth-order valence-corrected chi connectivity index (χ4v) is 2.35. The molecule has 2 aromatic rings. The van der Waals surface area contributed by atoms with Gasteiger partial charge in [0.1, 0.15) is 0 Å². The van der Waals surface area contributed by atoms with Crippen LogP contribution in [0.1, 0.15) is 12.0 Å². The zero-order chi connectivity index (χ0) is 12.1. The lowest BCUT2D eigenvalue weighted by atomic mass is 10.2. The molecule has 0 unspecified atom stereocenters. The lowest BCUT2D eigenvalue weighted by Crippen LogP contribution is -2.20. The Hall–Kier alpha value is -1.39. The highest BCUT2D eigenvalue weighted by Gasteiger charge is 2.10. The van der Waals surface area contributed by atoms with Gasteiger partial charge in [-0.2, -0.15) is 0 Å². The topological polar surface area (TPSA) is 42.1 Å². The lowest BCUT2D eigenvalue weighted by molar-refractivity contribution is 0.815. The van der Waals surface area contributed by atoms with Gasteiger partial charge >= 0.3 is 0 Å². The molecule has 0 atom stereocenters. The third-order valence-electron chi connectivity index (χ3n) is 2.58. The number of benzene rings is 1. The van der Waals surface area contributed by atoms with Crippen LogP contribution in [0.3, 0.4) is 0 Å². The number of aromatic nitrogens is 1. The Balaban J connectivity index is 2.23. The summed E-state index contributed by atoms with van der Waals surface area (Å²) in [4.78, 5) is 6.59. The van der Waals surface area contributed by atoms with E-state index in [1.54, 1.807) is 11.3 Å². The second kappa shape index (κ2) is 5.80. The number of aryl methyl sites for hydroxylation is 1. The van der Waals surface area contributed by atoms with Gasteiger partial charge in [0.25, 0.3) is 0 Å². The molecule has 0 saturated heterocycles. The first-order valence-electron chi connectivity index (χ1n) is 5.75. The third-order valence-corrected chi connectivity index (χ3v) is 3.38. The summed E-state index contributed by atoms with van der Waals surface area (Å²) in [7, 11) is 0. The molecule has 1 heterocycles. The first kappa shape index (κ1) is 12.1. The van der Waals surface area contributed by atoms with E-state index in [0.717, 1.165) is 18.1 Å². The molecule has 4 heteroatoms. The fraction of sp³-hybridized carbons (Fsp3) is 0.308. The van der Waals surface area contributed by atoms with E-state index in [-0.39, 0.29) is 0 Å². The highest BCUT2D eigenvalue weighted by Crippen LogP contribution is 2.27. The molecule has 0 aliphatic heterocycles. The van der Waals surface area contributed by atoms with Gasteiger partial charge in [-0.05, 0) is 32.0 Å². The molecule has 0 aliphatic carbocycles. The van der Waals surface area contributed by atoms with E-state index in [1.807, 2.05) is 11.6 Å². The number of thiazole rings is 1. The van der Waals surface area contributed by atoms with Crippen LogP contribution in [0.25, 0.3) is 0 Å². The van der Waals surface area contributed by atoms with Gasteiger partial charge in [-0.15, -0.1) is 11.3 Å². The molecule has 0 saturated carbocycles. The summed E-state index contributed by atoms with van der Waals surface area (Å²) in [5, 5.41) is 3.03. The van der Waals surface area contributed by atoms with Crippen LogP contribution >= 0.6 is 11.3 Å². The Morgan fingerprint density at radius 1 is 1.29 bits per heavy atom. The van der Waals surface area contributed by atoms with Crippen LogP contribution in [-0.4, -0.2) is 18.1 Å². The fourth-order valence-electron chi connectivity index (χ4n) is 1.66. The maximum Gasteiger partial charge on any atom is 0.189 e. The van der Waals surface area contributed by atoms with Crippen molar-refractivity contribution in [3.05, 3.63) is 41.4 Å². The summed E-state index contributed by atoms with van der Waals surface area (Å²) in [6.07, 6.45) is 2.80. The van der Waals surface area contributed by atoms with E-state index >= 15 is 0 Å². The molecule has 1 aromatic carbocycles. The van der Waals surface area contributed by atoms with Crippen molar-refractivity contribution >= 4 is 22.2 Å². The summed E-state index contributed by atoms with van der Waals surface area (Å²) in [5.41, 5.74) is 8.04. The van der Waals surface area contributed by atoms with Crippen LogP contribution in [0.4, 0.5) is 10.8 Å². The van der Waals surface area contributed by atoms with Gasteiger partial charge in [-0.3, -0.25) is 0 Å². The van der Waals surface area contributed by atoms with Crippen molar-refractivity contribution in [3.8, 4) is 0 Å². The minimum atomic E-state index is 0.702. The lowest BCUT2D eigenvalue weighted by Gasteiger charge is -2.21. The van der Waals surface area contributed by atoms with Crippen molar-refractivity contribution in [2.24, 2.45) is 5.73 Å². The van der Waals surface area contributed by atoms with Crippen LogP contribution in [-0.2, 0) is 0 Å². The standard InChI is InChI=1S/C13H17N3S/c1-11-3-5-12(6-4-11)16(9-2-7-14)13-15-8-10-17-13/h3-6,8,10H,2,7,9,14H2,1H3. The Morgan fingerprint density at radius 3 is 2.65 bits per heavy atom. The maximum atomic E-state index is 5.59. The molecule has 2 N–H and O–H groups in total. The molecule has 1 aromatic heterocycles. The predicted octanol–water partition coefficient (Wildman–Crippen LogP) is 2.94. The van der Waals surface area contributed by atoms with Crippen molar-refractivity contribution in [2.75, 3.05) is 18.0 Å².